The van der Waals surface area contributed by atoms with Crippen LogP contribution in [0.15, 0.2) is 30.3 Å². The molecule has 3 nitrogen and oxygen atoms in total. The molecule has 0 saturated heterocycles. The Hall–Kier alpha value is -0.870. The highest BCUT2D eigenvalue weighted by molar-refractivity contribution is 7.92. The quantitative estimate of drug-likeness (QED) is 0.841. The van der Waals surface area contributed by atoms with Crippen molar-refractivity contribution in [2.45, 2.75) is 51.2 Å². The Kier molecular flexibility index (Phi) is 6.21. The first-order valence-corrected chi connectivity index (χ1v) is 8.94. The summed E-state index contributed by atoms with van der Waals surface area (Å²) in [6, 6.07) is 9.71. The molecule has 2 unspecified atom stereocenters. The van der Waals surface area contributed by atoms with E-state index in [-0.39, 0.29) is 17.2 Å². The van der Waals surface area contributed by atoms with Crippen LogP contribution in [0.1, 0.15) is 46.2 Å². The van der Waals surface area contributed by atoms with Gasteiger partial charge in [-0.1, -0.05) is 51.1 Å². The van der Waals surface area contributed by atoms with E-state index in [1.54, 1.807) is 13.8 Å². The van der Waals surface area contributed by atoms with Crippen LogP contribution in [0, 0.1) is 5.92 Å². The van der Waals surface area contributed by atoms with Gasteiger partial charge < -0.3 is 5.32 Å². The summed E-state index contributed by atoms with van der Waals surface area (Å²) in [6.45, 7) is 10.2. The van der Waals surface area contributed by atoms with Gasteiger partial charge in [0.05, 0.1) is 10.5 Å². The van der Waals surface area contributed by atoms with Crippen molar-refractivity contribution < 1.29 is 8.42 Å². The highest BCUT2D eigenvalue weighted by Gasteiger charge is 2.38. The predicted molar refractivity (Wildman–Crippen MR) is 85.5 cm³/mol. The summed E-state index contributed by atoms with van der Waals surface area (Å²) < 4.78 is 25.4. The number of rotatable bonds is 7. The fourth-order valence-corrected chi connectivity index (χ4v) is 4.59. The molecule has 0 fully saturated rings. The zero-order valence-electron chi connectivity index (χ0n) is 13.1. The van der Waals surface area contributed by atoms with Gasteiger partial charge in [-0.25, -0.2) is 8.42 Å². The van der Waals surface area contributed by atoms with Gasteiger partial charge in [0, 0.05) is 6.04 Å². The molecule has 0 aliphatic carbocycles. The molecule has 20 heavy (non-hydrogen) atoms. The second-order valence-corrected chi connectivity index (χ2v) is 8.46. The Balaban J connectivity index is 3.28. The van der Waals surface area contributed by atoms with Crippen LogP contribution < -0.4 is 5.32 Å². The van der Waals surface area contributed by atoms with Crippen molar-refractivity contribution in [2.75, 3.05) is 6.54 Å². The molecule has 4 heteroatoms. The molecule has 1 N–H and O–H groups in total. The smallest absolute Gasteiger partial charge is 0.157 e. The molecule has 0 heterocycles. The van der Waals surface area contributed by atoms with Gasteiger partial charge >= 0.3 is 0 Å². The molecule has 0 aliphatic heterocycles. The van der Waals surface area contributed by atoms with E-state index >= 15 is 0 Å². The maximum Gasteiger partial charge on any atom is 0.157 e. The van der Waals surface area contributed by atoms with Crippen LogP contribution in [-0.4, -0.2) is 25.5 Å². The summed E-state index contributed by atoms with van der Waals surface area (Å²) >= 11 is 0. The average molecular weight is 297 g/mol. The van der Waals surface area contributed by atoms with Crippen LogP contribution in [-0.2, 0) is 9.84 Å². The number of sulfone groups is 1. The fourth-order valence-electron chi connectivity index (χ4n) is 2.57. The lowest BCUT2D eigenvalue weighted by Gasteiger charge is -2.32. The number of hydrogen-bond donors (Lipinski definition) is 1. The van der Waals surface area contributed by atoms with E-state index in [2.05, 4.69) is 5.32 Å². The standard InChI is InChI=1S/C16H27NO2S/c1-6-17-15(14-10-8-7-9-11-14)16(12(2)3)20(18,19)13(4)5/h7-13,15-17H,6H2,1-5H3. The Morgan fingerprint density at radius 1 is 1.05 bits per heavy atom. The molecule has 1 aromatic rings. The summed E-state index contributed by atoms with van der Waals surface area (Å²) in [5.74, 6) is 0.0617. The van der Waals surface area contributed by atoms with E-state index in [1.807, 2.05) is 51.1 Å². The minimum absolute atomic E-state index is 0.0617. The van der Waals surface area contributed by atoms with Gasteiger partial charge in [-0.3, -0.25) is 0 Å². The van der Waals surface area contributed by atoms with Crippen LogP contribution in [0.5, 0.6) is 0 Å². The lowest BCUT2D eigenvalue weighted by molar-refractivity contribution is 0.425. The maximum absolute atomic E-state index is 12.7. The minimum Gasteiger partial charge on any atom is -0.309 e. The number of nitrogens with one attached hydrogen (secondary N) is 1. The Labute approximate surface area is 123 Å². The van der Waals surface area contributed by atoms with Crippen molar-refractivity contribution >= 4 is 9.84 Å². The molecular formula is C16H27NO2S. The van der Waals surface area contributed by atoms with E-state index < -0.39 is 15.1 Å². The molecule has 0 aromatic heterocycles. The summed E-state index contributed by atoms with van der Waals surface area (Å²) in [4.78, 5) is 0. The molecule has 0 spiro atoms. The van der Waals surface area contributed by atoms with Crippen molar-refractivity contribution in [1.29, 1.82) is 0 Å². The lowest BCUT2D eigenvalue weighted by atomic mass is 9.96. The molecule has 0 amide bonds. The highest BCUT2D eigenvalue weighted by Crippen LogP contribution is 2.30. The molecule has 1 aromatic carbocycles. The molecule has 114 valence electrons. The molecule has 0 bridgehead atoms. The topological polar surface area (TPSA) is 46.2 Å². The third kappa shape index (κ3) is 3.83. The van der Waals surface area contributed by atoms with Crippen LogP contribution in [0.3, 0.4) is 0 Å². The van der Waals surface area contributed by atoms with Crippen molar-refractivity contribution in [3.8, 4) is 0 Å². The van der Waals surface area contributed by atoms with Gasteiger partial charge in [-0.2, -0.15) is 0 Å². The molecule has 1 rings (SSSR count). The molecular weight excluding hydrogens is 270 g/mol. The fraction of sp³-hybridized carbons (Fsp3) is 0.625. The van der Waals surface area contributed by atoms with E-state index in [4.69, 9.17) is 0 Å². The third-order valence-corrected chi connectivity index (χ3v) is 6.49. The van der Waals surface area contributed by atoms with Gasteiger partial charge in [0.25, 0.3) is 0 Å². The molecule has 0 saturated carbocycles. The first kappa shape index (κ1) is 17.2. The van der Waals surface area contributed by atoms with Crippen LogP contribution in [0.25, 0.3) is 0 Å². The highest BCUT2D eigenvalue weighted by atomic mass is 32.2. The van der Waals surface area contributed by atoms with Crippen molar-refractivity contribution in [1.82, 2.24) is 5.32 Å². The zero-order valence-corrected chi connectivity index (χ0v) is 13.9. The number of benzene rings is 1. The average Bonchev–Trinajstić information content (AvgIpc) is 2.38. The first-order chi connectivity index (χ1) is 9.32. The SMILES string of the molecule is CCNC(c1ccccc1)C(C(C)C)S(=O)(=O)C(C)C. The van der Waals surface area contributed by atoms with Gasteiger partial charge in [-0.05, 0) is 31.9 Å². The van der Waals surface area contributed by atoms with Crippen LogP contribution >= 0.6 is 0 Å². The van der Waals surface area contributed by atoms with Gasteiger partial charge in [0.2, 0.25) is 0 Å². The second-order valence-electron chi connectivity index (χ2n) is 5.79. The predicted octanol–water partition coefficient (Wildman–Crippen LogP) is 3.19. The maximum atomic E-state index is 12.7. The summed E-state index contributed by atoms with van der Waals surface area (Å²) in [7, 11) is -3.17. The van der Waals surface area contributed by atoms with Crippen molar-refractivity contribution in [3.63, 3.8) is 0 Å². The lowest BCUT2D eigenvalue weighted by Crippen LogP contribution is -2.43. The monoisotopic (exact) mass is 297 g/mol. The molecule has 2 atom stereocenters. The number of hydrogen-bond acceptors (Lipinski definition) is 3. The zero-order chi connectivity index (χ0) is 15.3. The summed E-state index contributed by atoms with van der Waals surface area (Å²) in [5, 5.41) is 2.59. The molecule has 0 radical (unpaired) electrons. The Morgan fingerprint density at radius 3 is 2.00 bits per heavy atom. The van der Waals surface area contributed by atoms with Gasteiger partial charge in [0.1, 0.15) is 0 Å². The van der Waals surface area contributed by atoms with Gasteiger partial charge in [-0.15, -0.1) is 0 Å². The summed E-state index contributed by atoms with van der Waals surface area (Å²) in [5.41, 5.74) is 1.04. The third-order valence-electron chi connectivity index (χ3n) is 3.60. The van der Waals surface area contributed by atoms with Crippen molar-refractivity contribution in [2.24, 2.45) is 5.92 Å². The van der Waals surface area contributed by atoms with Crippen molar-refractivity contribution in [3.05, 3.63) is 35.9 Å². The van der Waals surface area contributed by atoms with Crippen LogP contribution in [0.2, 0.25) is 0 Å². The van der Waals surface area contributed by atoms with Gasteiger partial charge in [0.15, 0.2) is 9.84 Å². The Morgan fingerprint density at radius 2 is 1.60 bits per heavy atom. The summed E-state index contributed by atoms with van der Waals surface area (Å²) in [6.07, 6.45) is 0. The Bertz CT molecular complexity index is 494. The van der Waals surface area contributed by atoms with E-state index in [9.17, 15) is 8.42 Å². The van der Waals surface area contributed by atoms with E-state index in [0.29, 0.717) is 0 Å². The van der Waals surface area contributed by atoms with E-state index in [1.165, 1.54) is 0 Å². The second kappa shape index (κ2) is 7.23. The minimum atomic E-state index is -3.17. The molecule has 0 aliphatic rings. The normalized spacial score (nSPS) is 15.6. The largest absolute Gasteiger partial charge is 0.309 e. The first-order valence-electron chi connectivity index (χ1n) is 7.33. The van der Waals surface area contributed by atoms with E-state index in [0.717, 1.165) is 12.1 Å². The van der Waals surface area contributed by atoms with Crippen LogP contribution in [0.4, 0.5) is 0 Å².